The summed E-state index contributed by atoms with van der Waals surface area (Å²) in [7, 11) is 0. The summed E-state index contributed by atoms with van der Waals surface area (Å²) < 4.78 is 5.79. The van der Waals surface area contributed by atoms with Gasteiger partial charge in [-0.05, 0) is 34.7 Å². The second-order valence-corrected chi connectivity index (χ2v) is 7.01. The van der Waals surface area contributed by atoms with Gasteiger partial charge in [0.05, 0.1) is 6.54 Å². The molecule has 3 nitrogen and oxygen atoms in total. The molecule has 0 unspecified atom stereocenters. The van der Waals surface area contributed by atoms with Gasteiger partial charge in [0.2, 0.25) is 0 Å². The van der Waals surface area contributed by atoms with Gasteiger partial charge in [-0.25, -0.2) is 0 Å². The van der Waals surface area contributed by atoms with Gasteiger partial charge in [-0.15, -0.1) is 0 Å². The maximum atomic E-state index is 12.3. The van der Waals surface area contributed by atoms with E-state index < -0.39 is 0 Å². The Bertz CT molecular complexity index is 698. The molecule has 0 radical (unpaired) electrons. The van der Waals surface area contributed by atoms with E-state index >= 15 is 0 Å². The number of hydrogen-bond donors (Lipinski definition) is 0. The number of rotatable bonds is 4. The lowest BCUT2D eigenvalue weighted by Gasteiger charge is -2.19. The van der Waals surface area contributed by atoms with E-state index in [9.17, 15) is 4.79 Å². The molecule has 1 aliphatic heterocycles. The zero-order chi connectivity index (χ0) is 16.4. The summed E-state index contributed by atoms with van der Waals surface area (Å²) >= 11 is 0. The Morgan fingerprint density at radius 2 is 1.74 bits per heavy atom. The molecule has 3 heteroatoms. The number of fused-ring (bicyclic) bond motifs is 1. The number of amides is 1. The van der Waals surface area contributed by atoms with Crippen LogP contribution in [0.15, 0.2) is 48.5 Å². The standard InChI is InChI=1S/C20H23NO2/c1-20(2,3)16-8-10-17(11-9-16)23-13-12-21-14-15-6-4-5-7-18(15)19(21)22/h4-11H,12-14H2,1-3H3. The minimum Gasteiger partial charge on any atom is -0.492 e. The molecule has 0 atom stereocenters. The van der Waals surface area contributed by atoms with Crippen LogP contribution in [0, 0.1) is 0 Å². The average Bonchev–Trinajstić information content (AvgIpc) is 2.84. The van der Waals surface area contributed by atoms with Crippen LogP contribution in [-0.2, 0) is 12.0 Å². The quantitative estimate of drug-likeness (QED) is 0.853. The van der Waals surface area contributed by atoms with E-state index in [1.807, 2.05) is 41.3 Å². The van der Waals surface area contributed by atoms with Gasteiger partial charge in [0.1, 0.15) is 12.4 Å². The zero-order valence-electron chi connectivity index (χ0n) is 14.0. The summed E-state index contributed by atoms with van der Waals surface area (Å²) in [6, 6.07) is 16.0. The predicted molar refractivity (Wildman–Crippen MR) is 91.8 cm³/mol. The average molecular weight is 309 g/mol. The summed E-state index contributed by atoms with van der Waals surface area (Å²) in [6.07, 6.45) is 0. The summed E-state index contributed by atoms with van der Waals surface area (Å²) in [5.41, 5.74) is 3.36. The Hall–Kier alpha value is -2.29. The smallest absolute Gasteiger partial charge is 0.254 e. The van der Waals surface area contributed by atoms with Crippen LogP contribution < -0.4 is 4.74 Å². The highest BCUT2D eigenvalue weighted by Crippen LogP contribution is 2.25. The maximum Gasteiger partial charge on any atom is 0.254 e. The molecule has 1 amide bonds. The first-order valence-electron chi connectivity index (χ1n) is 8.06. The SMILES string of the molecule is CC(C)(C)c1ccc(OCCN2Cc3ccccc3C2=O)cc1. The van der Waals surface area contributed by atoms with Gasteiger partial charge in [-0.1, -0.05) is 51.1 Å². The first kappa shape index (κ1) is 15.6. The number of nitrogens with zero attached hydrogens (tertiary/aromatic N) is 1. The minimum absolute atomic E-state index is 0.104. The van der Waals surface area contributed by atoms with Gasteiger partial charge >= 0.3 is 0 Å². The molecular formula is C20H23NO2. The van der Waals surface area contributed by atoms with Gasteiger partial charge in [-0.2, -0.15) is 0 Å². The number of carbonyl (C=O) groups is 1. The van der Waals surface area contributed by atoms with Crippen LogP contribution in [0.25, 0.3) is 0 Å². The van der Waals surface area contributed by atoms with Crippen molar-refractivity contribution in [3.05, 3.63) is 65.2 Å². The van der Waals surface area contributed by atoms with Crippen molar-refractivity contribution in [1.82, 2.24) is 4.90 Å². The highest BCUT2D eigenvalue weighted by atomic mass is 16.5. The molecule has 1 heterocycles. The third-order valence-electron chi connectivity index (χ3n) is 4.25. The molecular weight excluding hydrogens is 286 g/mol. The van der Waals surface area contributed by atoms with Gasteiger partial charge in [0.25, 0.3) is 5.91 Å². The fourth-order valence-electron chi connectivity index (χ4n) is 2.82. The molecule has 0 aliphatic carbocycles. The first-order valence-corrected chi connectivity index (χ1v) is 8.06. The fourth-order valence-corrected chi connectivity index (χ4v) is 2.82. The van der Waals surface area contributed by atoms with Crippen LogP contribution in [0.1, 0.15) is 42.3 Å². The highest BCUT2D eigenvalue weighted by Gasteiger charge is 2.26. The van der Waals surface area contributed by atoms with Crippen LogP contribution in [0.2, 0.25) is 0 Å². The van der Waals surface area contributed by atoms with Crippen LogP contribution in [0.4, 0.5) is 0 Å². The van der Waals surface area contributed by atoms with E-state index in [4.69, 9.17) is 4.74 Å². The van der Waals surface area contributed by atoms with E-state index in [0.29, 0.717) is 19.7 Å². The van der Waals surface area contributed by atoms with Gasteiger partial charge in [0, 0.05) is 12.1 Å². The Morgan fingerprint density at radius 3 is 2.39 bits per heavy atom. The zero-order valence-corrected chi connectivity index (χ0v) is 14.0. The third-order valence-corrected chi connectivity index (χ3v) is 4.25. The Labute approximate surface area is 137 Å². The highest BCUT2D eigenvalue weighted by molar-refractivity contribution is 5.98. The summed E-state index contributed by atoms with van der Waals surface area (Å²) in [6.45, 7) is 8.38. The van der Waals surface area contributed by atoms with Crippen LogP contribution >= 0.6 is 0 Å². The van der Waals surface area contributed by atoms with Gasteiger partial charge in [-0.3, -0.25) is 4.79 Å². The molecule has 0 saturated carbocycles. The number of hydrogen-bond acceptors (Lipinski definition) is 2. The number of carbonyl (C=O) groups excluding carboxylic acids is 1. The molecule has 2 aromatic rings. The van der Waals surface area contributed by atoms with Crippen molar-refractivity contribution in [2.24, 2.45) is 0 Å². The van der Waals surface area contributed by atoms with Crippen molar-refractivity contribution in [3.63, 3.8) is 0 Å². The van der Waals surface area contributed by atoms with Gasteiger partial charge < -0.3 is 9.64 Å². The molecule has 0 fully saturated rings. The Kier molecular flexibility index (Phi) is 4.12. The molecule has 0 spiro atoms. The summed E-state index contributed by atoms with van der Waals surface area (Å²) in [4.78, 5) is 14.1. The Morgan fingerprint density at radius 1 is 1.04 bits per heavy atom. The molecule has 0 bridgehead atoms. The molecule has 3 rings (SSSR count). The number of benzene rings is 2. The van der Waals surface area contributed by atoms with Crippen molar-refractivity contribution in [3.8, 4) is 5.75 Å². The lowest BCUT2D eigenvalue weighted by molar-refractivity contribution is 0.0753. The normalized spacial score (nSPS) is 14.0. The monoisotopic (exact) mass is 309 g/mol. The van der Waals surface area contributed by atoms with Crippen LogP contribution in [-0.4, -0.2) is 24.0 Å². The van der Waals surface area contributed by atoms with Crippen molar-refractivity contribution >= 4 is 5.91 Å². The Balaban J connectivity index is 1.54. The van der Waals surface area contributed by atoms with Crippen LogP contribution in [0.5, 0.6) is 5.75 Å². The molecule has 1 aliphatic rings. The van der Waals surface area contributed by atoms with E-state index in [-0.39, 0.29) is 11.3 Å². The van der Waals surface area contributed by atoms with E-state index in [1.165, 1.54) is 5.56 Å². The van der Waals surface area contributed by atoms with Crippen molar-refractivity contribution in [1.29, 1.82) is 0 Å². The topological polar surface area (TPSA) is 29.5 Å². The molecule has 23 heavy (non-hydrogen) atoms. The van der Waals surface area contributed by atoms with Crippen molar-refractivity contribution < 1.29 is 9.53 Å². The van der Waals surface area contributed by atoms with Crippen molar-refractivity contribution in [2.75, 3.05) is 13.2 Å². The van der Waals surface area contributed by atoms with E-state index in [0.717, 1.165) is 16.9 Å². The van der Waals surface area contributed by atoms with Gasteiger partial charge in [0.15, 0.2) is 0 Å². The largest absolute Gasteiger partial charge is 0.492 e. The lowest BCUT2D eigenvalue weighted by Crippen LogP contribution is -2.28. The third kappa shape index (κ3) is 3.39. The fraction of sp³-hybridized carbons (Fsp3) is 0.350. The first-order chi connectivity index (χ1) is 10.9. The molecule has 0 N–H and O–H groups in total. The number of ether oxygens (including phenoxy) is 1. The molecule has 120 valence electrons. The predicted octanol–water partition coefficient (Wildman–Crippen LogP) is 4.02. The summed E-state index contributed by atoms with van der Waals surface area (Å²) in [5, 5.41) is 0. The maximum absolute atomic E-state index is 12.3. The van der Waals surface area contributed by atoms with E-state index in [1.54, 1.807) is 0 Å². The van der Waals surface area contributed by atoms with Crippen molar-refractivity contribution in [2.45, 2.75) is 32.7 Å². The second-order valence-electron chi connectivity index (χ2n) is 7.01. The molecule has 0 saturated heterocycles. The minimum atomic E-state index is 0.104. The van der Waals surface area contributed by atoms with Crippen LogP contribution in [0.3, 0.4) is 0 Å². The summed E-state index contributed by atoms with van der Waals surface area (Å²) in [5.74, 6) is 0.953. The van der Waals surface area contributed by atoms with E-state index in [2.05, 4.69) is 32.9 Å². The lowest BCUT2D eigenvalue weighted by atomic mass is 9.87. The molecule has 0 aromatic heterocycles. The second kappa shape index (κ2) is 6.07. The molecule has 2 aromatic carbocycles.